The fraction of sp³-hybridized carbons (Fsp3) is 0.929. The van der Waals surface area contributed by atoms with Crippen LogP contribution >= 0.6 is 0 Å². The van der Waals surface area contributed by atoms with Crippen LogP contribution in [0.1, 0.15) is 51.9 Å². The summed E-state index contributed by atoms with van der Waals surface area (Å²) < 4.78 is 0. The van der Waals surface area contributed by atoms with Crippen molar-refractivity contribution in [3.8, 4) is 0 Å². The zero-order valence-electron chi connectivity index (χ0n) is 11.4. The number of hydrogen-bond donors (Lipinski definition) is 2. The Morgan fingerprint density at radius 2 is 1.88 bits per heavy atom. The van der Waals surface area contributed by atoms with Gasteiger partial charge in [0.2, 0.25) is 5.91 Å². The largest absolute Gasteiger partial charge is 0.359 e. The highest BCUT2D eigenvalue weighted by atomic mass is 16.1. The van der Waals surface area contributed by atoms with Crippen LogP contribution in [0, 0.1) is 11.8 Å². The topological polar surface area (TPSA) is 41.1 Å². The van der Waals surface area contributed by atoms with Crippen molar-refractivity contribution in [2.24, 2.45) is 11.8 Å². The molecule has 1 amide bonds. The number of carbonyl (C=O) groups excluding carboxylic acids is 1. The van der Waals surface area contributed by atoms with Gasteiger partial charge in [-0.1, -0.05) is 32.6 Å². The first-order valence-electron chi connectivity index (χ1n) is 7.13. The highest BCUT2D eigenvalue weighted by molar-refractivity contribution is 5.75. The molecule has 0 heterocycles. The normalized spacial score (nSPS) is 24.6. The van der Waals surface area contributed by atoms with E-state index in [0.717, 1.165) is 31.3 Å². The molecule has 0 aromatic rings. The highest BCUT2D eigenvalue weighted by Gasteiger charge is 2.17. The summed E-state index contributed by atoms with van der Waals surface area (Å²) >= 11 is 0. The van der Waals surface area contributed by atoms with E-state index in [-0.39, 0.29) is 5.91 Å². The number of carbonyl (C=O) groups is 1. The first-order chi connectivity index (χ1) is 8.22. The smallest absolute Gasteiger partial charge is 0.219 e. The second-order valence-corrected chi connectivity index (χ2v) is 5.44. The predicted octanol–water partition coefficient (Wildman–Crippen LogP) is 2.32. The van der Waals surface area contributed by atoms with Crippen LogP contribution in [0.25, 0.3) is 0 Å². The minimum absolute atomic E-state index is 0.146. The summed E-state index contributed by atoms with van der Waals surface area (Å²) in [6.45, 7) is 4.45. The van der Waals surface area contributed by atoms with Gasteiger partial charge in [-0.05, 0) is 37.8 Å². The Morgan fingerprint density at radius 3 is 2.53 bits per heavy atom. The van der Waals surface area contributed by atoms with Crippen molar-refractivity contribution in [1.29, 1.82) is 0 Å². The molecule has 1 saturated carbocycles. The SMILES string of the molecule is CNC(=O)CCCNCCC1CCC(C)CC1. The van der Waals surface area contributed by atoms with E-state index >= 15 is 0 Å². The van der Waals surface area contributed by atoms with E-state index in [9.17, 15) is 4.79 Å². The lowest BCUT2D eigenvalue weighted by Gasteiger charge is -2.26. The van der Waals surface area contributed by atoms with Gasteiger partial charge in [0.15, 0.2) is 0 Å². The number of amides is 1. The molecule has 17 heavy (non-hydrogen) atoms. The van der Waals surface area contributed by atoms with Gasteiger partial charge in [0.1, 0.15) is 0 Å². The van der Waals surface area contributed by atoms with Crippen LogP contribution in [-0.2, 0) is 4.79 Å². The van der Waals surface area contributed by atoms with E-state index in [1.54, 1.807) is 7.05 Å². The molecular formula is C14H28N2O. The molecule has 1 rings (SSSR count). The number of rotatable bonds is 7. The van der Waals surface area contributed by atoms with Gasteiger partial charge >= 0.3 is 0 Å². The van der Waals surface area contributed by atoms with Crippen molar-refractivity contribution in [3.63, 3.8) is 0 Å². The number of nitrogens with one attached hydrogen (secondary N) is 2. The second-order valence-electron chi connectivity index (χ2n) is 5.44. The maximum absolute atomic E-state index is 11.0. The van der Waals surface area contributed by atoms with Crippen LogP contribution in [0.2, 0.25) is 0 Å². The molecule has 3 nitrogen and oxygen atoms in total. The van der Waals surface area contributed by atoms with Crippen LogP contribution in [0.3, 0.4) is 0 Å². The van der Waals surface area contributed by atoms with Crippen LogP contribution in [-0.4, -0.2) is 26.0 Å². The van der Waals surface area contributed by atoms with Crippen molar-refractivity contribution >= 4 is 5.91 Å². The zero-order valence-corrected chi connectivity index (χ0v) is 11.4. The fourth-order valence-corrected chi connectivity index (χ4v) is 2.55. The Hall–Kier alpha value is -0.570. The van der Waals surface area contributed by atoms with E-state index < -0.39 is 0 Å². The molecule has 2 N–H and O–H groups in total. The van der Waals surface area contributed by atoms with Gasteiger partial charge in [0.25, 0.3) is 0 Å². The summed E-state index contributed by atoms with van der Waals surface area (Å²) in [6, 6.07) is 0. The third-order valence-electron chi connectivity index (χ3n) is 3.90. The minimum atomic E-state index is 0.146. The van der Waals surface area contributed by atoms with E-state index in [1.165, 1.54) is 32.1 Å². The average Bonchev–Trinajstić information content (AvgIpc) is 2.35. The van der Waals surface area contributed by atoms with Gasteiger partial charge in [0, 0.05) is 13.5 Å². The van der Waals surface area contributed by atoms with Crippen LogP contribution in [0.15, 0.2) is 0 Å². The molecule has 1 aliphatic carbocycles. The molecule has 1 aliphatic rings. The lowest BCUT2D eigenvalue weighted by Crippen LogP contribution is -2.23. The maximum Gasteiger partial charge on any atom is 0.219 e. The van der Waals surface area contributed by atoms with Crippen LogP contribution in [0.4, 0.5) is 0 Å². The van der Waals surface area contributed by atoms with Gasteiger partial charge in [-0.15, -0.1) is 0 Å². The quantitative estimate of drug-likeness (QED) is 0.671. The first-order valence-corrected chi connectivity index (χ1v) is 7.13. The van der Waals surface area contributed by atoms with Crippen LogP contribution in [0.5, 0.6) is 0 Å². The fourth-order valence-electron chi connectivity index (χ4n) is 2.55. The van der Waals surface area contributed by atoms with Gasteiger partial charge in [-0.25, -0.2) is 0 Å². The third kappa shape index (κ3) is 6.67. The van der Waals surface area contributed by atoms with E-state index in [4.69, 9.17) is 0 Å². The molecule has 0 saturated heterocycles. The van der Waals surface area contributed by atoms with E-state index in [2.05, 4.69) is 17.6 Å². The molecule has 0 spiro atoms. The van der Waals surface area contributed by atoms with Crippen molar-refractivity contribution in [3.05, 3.63) is 0 Å². The molecule has 0 aliphatic heterocycles. The summed E-state index contributed by atoms with van der Waals surface area (Å²) in [6.07, 6.45) is 8.57. The van der Waals surface area contributed by atoms with E-state index in [1.807, 2.05) is 0 Å². The second kappa shape index (κ2) is 8.51. The van der Waals surface area contributed by atoms with Gasteiger partial charge in [0.05, 0.1) is 0 Å². The van der Waals surface area contributed by atoms with Gasteiger partial charge < -0.3 is 10.6 Å². The van der Waals surface area contributed by atoms with Crippen molar-refractivity contribution < 1.29 is 4.79 Å². The minimum Gasteiger partial charge on any atom is -0.359 e. The maximum atomic E-state index is 11.0. The summed E-state index contributed by atoms with van der Waals surface area (Å²) in [7, 11) is 1.69. The lowest BCUT2D eigenvalue weighted by atomic mass is 9.81. The van der Waals surface area contributed by atoms with E-state index in [0.29, 0.717) is 6.42 Å². The molecule has 1 fully saturated rings. The Kier molecular flexibility index (Phi) is 7.25. The highest BCUT2D eigenvalue weighted by Crippen LogP contribution is 2.29. The third-order valence-corrected chi connectivity index (χ3v) is 3.90. The molecule has 0 bridgehead atoms. The standard InChI is InChI=1S/C14H28N2O/c1-12-5-7-13(8-6-12)9-11-16-10-3-4-14(17)15-2/h12-13,16H,3-11H2,1-2H3,(H,15,17). The Labute approximate surface area is 106 Å². The molecule has 0 aromatic heterocycles. The summed E-state index contributed by atoms with van der Waals surface area (Å²) in [4.78, 5) is 11.0. The summed E-state index contributed by atoms with van der Waals surface area (Å²) in [5, 5.41) is 6.09. The average molecular weight is 240 g/mol. The van der Waals surface area contributed by atoms with Crippen molar-refractivity contribution in [2.75, 3.05) is 20.1 Å². The summed E-state index contributed by atoms with van der Waals surface area (Å²) in [5.74, 6) is 2.04. The molecular weight excluding hydrogens is 212 g/mol. The van der Waals surface area contributed by atoms with Crippen molar-refractivity contribution in [2.45, 2.75) is 51.9 Å². The lowest BCUT2D eigenvalue weighted by molar-refractivity contribution is -0.120. The van der Waals surface area contributed by atoms with Crippen molar-refractivity contribution in [1.82, 2.24) is 10.6 Å². The van der Waals surface area contributed by atoms with Gasteiger partial charge in [-0.2, -0.15) is 0 Å². The molecule has 0 atom stereocenters. The van der Waals surface area contributed by atoms with Gasteiger partial charge in [-0.3, -0.25) is 4.79 Å². The number of hydrogen-bond acceptors (Lipinski definition) is 2. The monoisotopic (exact) mass is 240 g/mol. The Balaban J connectivity index is 1.89. The molecule has 100 valence electrons. The molecule has 3 heteroatoms. The zero-order chi connectivity index (χ0) is 12.5. The van der Waals surface area contributed by atoms with Crippen LogP contribution < -0.4 is 10.6 Å². The Bertz CT molecular complexity index is 210. The first kappa shape index (κ1) is 14.5. The predicted molar refractivity (Wildman–Crippen MR) is 71.9 cm³/mol. The Morgan fingerprint density at radius 1 is 1.18 bits per heavy atom. The molecule has 0 aromatic carbocycles. The summed E-state index contributed by atoms with van der Waals surface area (Å²) in [5.41, 5.74) is 0. The molecule has 0 radical (unpaired) electrons. The molecule has 0 unspecified atom stereocenters.